The lowest BCUT2D eigenvalue weighted by atomic mass is 9.87. The van der Waals surface area contributed by atoms with Gasteiger partial charge in [0.15, 0.2) is 0 Å². The quantitative estimate of drug-likeness (QED) is 0.682. The number of nitrogens with one attached hydrogen (secondary N) is 1. The zero-order valence-electron chi connectivity index (χ0n) is 17.2. The van der Waals surface area contributed by atoms with Crippen LogP contribution in [0.2, 0.25) is 0 Å². The first-order chi connectivity index (χ1) is 14.2. The number of nitrogens with zero attached hydrogens (tertiary/aromatic N) is 3. The molecule has 152 valence electrons. The van der Waals surface area contributed by atoms with Crippen LogP contribution in [0.5, 0.6) is 0 Å². The lowest BCUT2D eigenvalue weighted by molar-refractivity contribution is 0.0331. The number of anilines is 1. The van der Waals surface area contributed by atoms with E-state index in [0.717, 1.165) is 55.7 Å². The molecule has 0 amide bonds. The molecule has 1 saturated heterocycles. The van der Waals surface area contributed by atoms with Gasteiger partial charge in [-0.2, -0.15) is 0 Å². The summed E-state index contributed by atoms with van der Waals surface area (Å²) in [6, 6.07) is 9.15. The van der Waals surface area contributed by atoms with Gasteiger partial charge in [-0.1, -0.05) is 24.3 Å². The topological polar surface area (TPSA) is 50.3 Å². The minimum absolute atomic E-state index is 0.314. The fraction of sp³-hybridized carbons (Fsp3) is 0.478. The van der Waals surface area contributed by atoms with E-state index in [2.05, 4.69) is 48.3 Å². The standard InChI is InChI=1S/C23H28N4OS/c1-15-16(2)29-23-21(15)22(25-20(26-23)14-27-10-12-28-13-11-27)24-19-9-5-7-17-6-3-4-8-18(17)19/h3-4,6,8,19H,5,7,9-14H2,1-2H3,(H,24,25,26). The molecule has 0 saturated carbocycles. The van der Waals surface area contributed by atoms with E-state index in [1.165, 1.54) is 39.8 Å². The Balaban J connectivity index is 1.51. The minimum Gasteiger partial charge on any atom is -0.379 e. The summed E-state index contributed by atoms with van der Waals surface area (Å²) >= 11 is 1.78. The number of ether oxygens (including phenoxy) is 1. The van der Waals surface area contributed by atoms with E-state index in [-0.39, 0.29) is 0 Å². The Bertz CT molecular complexity index is 1030. The van der Waals surface area contributed by atoms with Gasteiger partial charge in [0.25, 0.3) is 0 Å². The number of fused-ring (bicyclic) bond motifs is 2. The third-order valence-corrected chi connectivity index (χ3v) is 7.33. The summed E-state index contributed by atoms with van der Waals surface area (Å²) in [5.41, 5.74) is 4.19. The first-order valence-corrected chi connectivity index (χ1v) is 11.4. The molecule has 6 heteroatoms. The molecular formula is C23H28N4OS. The Kier molecular flexibility index (Phi) is 5.24. The number of benzene rings is 1. The molecule has 29 heavy (non-hydrogen) atoms. The summed E-state index contributed by atoms with van der Waals surface area (Å²) < 4.78 is 5.49. The molecule has 1 atom stereocenters. The summed E-state index contributed by atoms with van der Waals surface area (Å²) in [5, 5.41) is 5.02. The fourth-order valence-electron chi connectivity index (χ4n) is 4.50. The van der Waals surface area contributed by atoms with Crippen LogP contribution < -0.4 is 5.32 Å². The third-order valence-electron chi connectivity index (χ3n) is 6.22. The van der Waals surface area contributed by atoms with Gasteiger partial charge in [0.1, 0.15) is 16.5 Å². The molecule has 5 nitrogen and oxygen atoms in total. The zero-order valence-corrected chi connectivity index (χ0v) is 18.0. The molecule has 0 spiro atoms. The summed E-state index contributed by atoms with van der Waals surface area (Å²) in [4.78, 5) is 14.8. The van der Waals surface area contributed by atoms with Crippen molar-refractivity contribution in [2.45, 2.75) is 45.7 Å². The molecule has 2 aliphatic rings. The van der Waals surface area contributed by atoms with E-state index in [9.17, 15) is 0 Å². The highest BCUT2D eigenvalue weighted by atomic mass is 32.1. The molecule has 0 radical (unpaired) electrons. The van der Waals surface area contributed by atoms with Gasteiger partial charge in [-0.25, -0.2) is 9.97 Å². The molecule has 2 aromatic heterocycles. The van der Waals surface area contributed by atoms with E-state index in [0.29, 0.717) is 6.04 Å². The Morgan fingerprint density at radius 1 is 1.17 bits per heavy atom. The van der Waals surface area contributed by atoms with Crippen LogP contribution in [0.3, 0.4) is 0 Å². The van der Waals surface area contributed by atoms with Gasteiger partial charge in [0.05, 0.1) is 31.2 Å². The predicted molar refractivity (Wildman–Crippen MR) is 119 cm³/mol. The number of hydrogen-bond acceptors (Lipinski definition) is 6. The van der Waals surface area contributed by atoms with Crippen LogP contribution in [0.25, 0.3) is 10.2 Å². The molecule has 1 aliphatic carbocycles. The van der Waals surface area contributed by atoms with Crippen LogP contribution >= 0.6 is 11.3 Å². The van der Waals surface area contributed by atoms with Crippen molar-refractivity contribution in [2.75, 3.05) is 31.6 Å². The maximum Gasteiger partial charge on any atom is 0.146 e. The molecular weight excluding hydrogens is 380 g/mol. The van der Waals surface area contributed by atoms with Crippen molar-refractivity contribution in [3.8, 4) is 0 Å². The number of thiophene rings is 1. The van der Waals surface area contributed by atoms with Gasteiger partial charge in [-0.15, -0.1) is 11.3 Å². The highest BCUT2D eigenvalue weighted by molar-refractivity contribution is 7.18. The summed E-state index contributed by atoms with van der Waals surface area (Å²) in [6.07, 6.45) is 3.53. The fourth-order valence-corrected chi connectivity index (χ4v) is 5.55. The molecule has 1 fully saturated rings. The van der Waals surface area contributed by atoms with Crippen molar-refractivity contribution in [2.24, 2.45) is 0 Å². The van der Waals surface area contributed by atoms with Crippen molar-refractivity contribution in [1.29, 1.82) is 0 Å². The Hall–Kier alpha value is -2.02. The Morgan fingerprint density at radius 2 is 2.00 bits per heavy atom. The molecule has 3 aromatic rings. The maximum absolute atomic E-state index is 5.49. The number of rotatable bonds is 4. The average Bonchev–Trinajstić information content (AvgIpc) is 3.03. The number of aromatic nitrogens is 2. The first kappa shape index (κ1) is 19.0. The van der Waals surface area contributed by atoms with E-state index in [1.807, 2.05) is 0 Å². The monoisotopic (exact) mass is 408 g/mol. The number of morpholine rings is 1. The third kappa shape index (κ3) is 3.77. The molecule has 1 aromatic carbocycles. The van der Waals surface area contributed by atoms with Gasteiger partial charge < -0.3 is 10.1 Å². The lowest BCUT2D eigenvalue weighted by Gasteiger charge is -2.28. The molecule has 1 N–H and O–H groups in total. The average molecular weight is 409 g/mol. The lowest BCUT2D eigenvalue weighted by Crippen LogP contribution is -2.36. The smallest absolute Gasteiger partial charge is 0.146 e. The number of hydrogen-bond donors (Lipinski definition) is 1. The van der Waals surface area contributed by atoms with Crippen molar-refractivity contribution in [1.82, 2.24) is 14.9 Å². The largest absolute Gasteiger partial charge is 0.379 e. The van der Waals surface area contributed by atoms with E-state index >= 15 is 0 Å². The van der Waals surface area contributed by atoms with Crippen LogP contribution in [0.1, 0.15) is 46.3 Å². The second-order valence-electron chi connectivity index (χ2n) is 8.13. The second-order valence-corrected chi connectivity index (χ2v) is 9.33. The van der Waals surface area contributed by atoms with E-state index in [1.54, 1.807) is 11.3 Å². The molecule has 1 unspecified atom stereocenters. The van der Waals surface area contributed by atoms with Crippen LogP contribution in [-0.4, -0.2) is 41.2 Å². The second kappa shape index (κ2) is 8.01. The number of aryl methyl sites for hydroxylation is 3. The molecule has 0 bridgehead atoms. The van der Waals surface area contributed by atoms with Crippen molar-refractivity contribution in [3.05, 3.63) is 51.7 Å². The van der Waals surface area contributed by atoms with Crippen molar-refractivity contribution in [3.63, 3.8) is 0 Å². The molecule has 3 heterocycles. The van der Waals surface area contributed by atoms with Crippen LogP contribution in [0.15, 0.2) is 24.3 Å². The van der Waals surface area contributed by atoms with E-state index in [4.69, 9.17) is 14.7 Å². The van der Waals surface area contributed by atoms with Crippen molar-refractivity contribution >= 4 is 27.4 Å². The van der Waals surface area contributed by atoms with E-state index < -0.39 is 0 Å². The van der Waals surface area contributed by atoms with Crippen LogP contribution in [0, 0.1) is 13.8 Å². The van der Waals surface area contributed by atoms with Gasteiger partial charge in [0, 0.05) is 18.0 Å². The van der Waals surface area contributed by atoms with Crippen molar-refractivity contribution < 1.29 is 4.74 Å². The summed E-state index contributed by atoms with van der Waals surface area (Å²) in [7, 11) is 0. The highest BCUT2D eigenvalue weighted by Crippen LogP contribution is 2.37. The summed E-state index contributed by atoms with van der Waals surface area (Å²) in [6.45, 7) is 8.64. The van der Waals surface area contributed by atoms with Gasteiger partial charge >= 0.3 is 0 Å². The van der Waals surface area contributed by atoms with Gasteiger partial charge in [-0.3, -0.25) is 4.90 Å². The normalized spacial score (nSPS) is 20.0. The molecule has 1 aliphatic heterocycles. The minimum atomic E-state index is 0.314. The van der Waals surface area contributed by atoms with Gasteiger partial charge in [-0.05, 0) is 49.8 Å². The summed E-state index contributed by atoms with van der Waals surface area (Å²) in [5.74, 6) is 1.91. The van der Waals surface area contributed by atoms with Gasteiger partial charge in [0.2, 0.25) is 0 Å². The maximum atomic E-state index is 5.49. The Morgan fingerprint density at radius 3 is 2.86 bits per heavy atom. The SMILES string of the molecule is Cc1sc2nc(CN3CCOCC3)nc(NC3CCCc4ccccc43)c2c1C. The van der Waals surface area contributed by atoms with Crippen LogP contribution in [0.4, 0.5) is 5.82 Å². The highest BCUT2D eigenvalue weighted by Gasteiger charge is 2.23. The van der Waals surface area contributed by atoms with Crippen LogP contribution in [-0.2, 0) is 17.7 Å². The first-order valence-electron chi connectivity index (χ1n) is 10.6. The Labute approximate surface area is 176 Å². The zero-order chi connectivity index (χ0) is 19.8. The predicted octanol–water partition coefficient (Wildman–Crippen LogP) is 4.63. The molecule has 5 rings (SSSR count).